The van der Waals surface area contributed by atoms with Crippen LogP contribution in [0.4, 0.5) is 0 Å². The maximum absolute atomic E-state index is 11.8. The predicted molar refractivity (Wildman–Crippen MR) is 63.0 cm³/mol. The van der Waals surface area contributed by atoms with E-state index in [1.54, 1.807) is 6.92 Å². The van der Waals surface area contributed by atoms with Gasteiger partial charge in [0.15, 0.2) is 0 Å². The molecule has 0 fully saturated rings. The molecule has 0 aromatic rings. The average Bonchev–Trinajstić information content (AvgIpc) is 2.61. The summed E-state index contributed by atoms with van der Waals surface area (Å²) in [5, 5.41) is 2.66. The molecule has 0 saturated heterocycles. The van der Waals surface area contributed by atoms with E-state index < -0.39 is 17.9 Å². The van der Waals surface area contributed by atoms with E-state index in [0.717, 1.165) is 17.7 Å². The minimum Gasteiger partial charge on any atom is -0.355 e. The van der Waals surface area contributed by atoms with Crippen LogP contribution in [0.2, 0.25) is 0 Å². The third-order valence-corrected chi connectivity index (χ3v) is 2.64. The molecule has 0 spiro atoms. The molecule has 1 heterocycles. The molecule has 5 heteroatoms. The number of nitrogens with one attached hydrogen (secondary N) is 1. The van der Waals surface area contributed by atoms with Gasteiger partial charge in [0.2, 0.25) is 5.91 Å². The highest BCUT2D eigenvalue weighted by Gasteiger charge is 2.34. The summed E-state index contributed by atoms with van der Waals surface area (Å²) in [6.07, 6.45) is 4.65. The lowest BCUT2D eigenvalue weighted by Crippen LogP contribution is -2.49. The standard InChI is InChI=1S/C12H18N2O3/c1-3-5-6-9(12(17)13-4-2)14-10(15)7-8-11(14)16/h7-9H,3-6H2,1-2H3,(H,13,17). The molecule has 1 unspecified atom stereocenters. The van der Waals surface area contributed by atoms with Gasteiger partial charge in [-0.2, -0.15) is 0 Å². The minimum atomic E-state index is -0.676. The average molecular weight is 238 g/mol. The van der Waals surface area contributed by atoms with E-state index in [0.29, 0.717) is 13.0 Å². The monoisotopic (exact) mass is 238 g/mol. The molecule has 1 aliphatic heterocycles. The van der Waals surface area contributed by atoms with Crippen molar-refractivity contribution in [2.75, 3.05) is 6.54 Å². The molecular weight excluding hydrogens is 220 g/mol. The van der Waals surface area contributed by atoms with Crippen LogP contribution in [0.3, 0.4) is 0 Å². The van der Waals surface area contributed by atoms with E-state index in [-0.39, 0.29) is 5.91 Å². The fraction of sp³-hybridized carbons (Fsp3) is 0.583. The number of hydrogen-bond acceptors (Lipinski definition) is 3. The summed E-state index contributed by atoms with van der Waals surface area (Å²) >= 11 is 0. The van der Waals surface area contributed by atoms with Crippen LogP contribution in [0.1, 0.15) is 33.1 Å². The van der Waals surface area contributed by atoms with Gasteiger partial charge in [-0.05, 0) is 13.3 Å². The normalized spacial score (nSPS) is 16.5. The summed E-state index contributed by atoms with van der Waals surface area (Å²) in [4.78, 5) is 36.0. The zero-order valence-electron chi connectivity index (χ0n) is 10.2. The van der Waals surface area contributed by atoms with Crippen LogP contribution < -0.4 is 5.32 Å². The Morgan fingerprint density at radius 1 is 1.29 bits per heavy atom. The molecule has 0 bridgehead atoms. The Kier molecular flexibility index (Phi) is 4.87. The highest BCUT2D eigenvalue weighted by Crippen LogP contribution is 2.15. The molecule has 1 aliphatic rings. The van der Waals surface area contributed by atoms with Gasteiger partial charge in [-0.3, -0.25) is 19.3 Å². The summed E-state index contributed by atoms with van der Waals surface area (Å²) in [5.41, 5.74) is 0. The van der Waals surface area contributed by atoms with Crippen molar-refractivity contribution in [2.45, 2.75) is 39.2 Å². The maximum Gasteiger partial charge on any atom is 0.254 e. The Balaban J connectivity index is 2.78. The number of carbonyl (C=O) groups is 3. The summed E-state index contributed by atoms with van der Waals surface area (Å²) in [6.45, 7) is 4.30. The molecule has 0 aromatic heterocycles. The van der Waals surface area contributed by atoms with Crippen molar-refractivity contribution in [2.24, 2.45) is 0 Å². The molecule has 94 valence electrons. The maximum atomic E-state index is 11.8. The zero-order chi connectivity index (χ0) is 12.8. The number of carbonyl (C=O) groups excluding carboxylic acids is 3. The van der Waals surface area contributed by atoms with Gasteiger partial charge in [0.25, 0.3) is 11.8 Å². The molecule has 5 nitrogen and oxygen atoms in total. The fourth-order valence-electron chi connectivity index (χ4n) is 1.79. The van der Waals surface area contributed by atoms with Gasteiger partial charge < -0.3 is 5.32 Å². The van der Waals surface area contributed by atoms with Gasteiger partial charge in [0, 0.05) is 18.7 Å². The second kappa shape index (κ2) is 6.18. The Hall–Kier alpha value is -1.65. The molecule has 0 radical (unpaired) electrons. The zero-order valence-corrected chi connectivity index (χ0v) is 10.2. The van der Waals surface area contributed by atoms with Gasteiger partial charge >= 0.3 is 0 Å². The molecule has 17 heavy (non-hydrogen) atoms. The van der Waals surface area contributed by atoms with Crippen molar-refractivity contribution in [1.82, 2.24) is 10.2 Å². The first-order chi connectivity index (χ1) is 8.11. The fourth-order valence-corrected chi connectivity index (χ4v) is 1.79. The SMILES string of the molecule is CCCCC(C(=O)NCC)N1C(=O)C=CC1=O. The van der Waals surface area contributed by atoms with Crippen molar-refractivity contribution in [3.8, 4) is 0 Å². The van der Waals surface area contributed by atoms with Crippen LogP contribution in [0, 0.1) is 0 Å². The number of unbranched alkanes of at least 4 members (excludes halogenated alkanes) is 1. The summed E-state index contributed by atoms with van der Waals surface area (Å²) in [5.74, 6) is -1.06. The van der Waals surface area contributed by atoms with Crippen molar-refractivity contribution in [3.63, 3.8) is 0 Å². The molecule has 0 saturated carbocycles. The van der Waals surface area contributed by atoms with Crippen LogP contribution >= 0.6 is 0 Å². The number of imide groups is 1. The van der Waals surface area contributed by atoms with Crippen LogP contribution in [0.5, 0.6) is 0 Å². The van der Waals surface area contributed by atoms with E-state index in [1.165, 1.54) is 12.2 Å². The highest BCUT2D eigenvalue weighted by atomic mass is 16.2. The lowest BCUT2D eigenvalue weighted by molar-refractivity contribution is -0.145. The van der Waals surface area contributed by atoms with Gasteiger partial charge in [0.1, 0.15) is 6.04 Å². The lowest BCUT2D eigenvalue weighted by atomic mass is 10.1. The van der Waals surface area contributed by atoms with Crippen LogP contribution in [-0.2, 0) is 14.4 Å². The topological polar surface area (TPSA) is 66.5 Å². The minimum absolute atomic E-state index is 0.258. The number of hydrogen-bond donors (Lipinski definition) is 1. The second-order valence-corrected chi connectivity index (χ2v) is 3.93. The van der Waals surface area contributed by atoms with Gasteiger partial charge in [-0.1, -0.05) is 19.8 Å². The van der Waals surface area contributed by atoms with Gasteiger partial charge in [-0.15, -0.1) is 0 Å². The van der Waals surface area contributed by atoms with Crippen LogP contribution in [0.25, 0.3) is 0 Å². The van der Waals surface area contributed by atoms with E-state index in [2.05, 4.69) is 5.32 Å². The van der Waals surface area contributed by atoms with Crippen molar-refractivity contribution < 1.29 is 14.4 Å². The van der Waals surface area contributed by atoms with Crippen LogP contribution in [0.15, 0.2) is 12.2 Å². The third-order valence-electron chi connectivity index (χ3n) is 2.64. The quantitative estimate of drug-likeness (QED) is 0.689. The first-order valence-electron chi connectivity index (χ1n) is 5.94. The van der Waals surface area contributed by atoms with E-state index in [9.17, 15) is 14.4 Å². The molecular formula is C12H18N2O3. The smallest absolute Gasteiger partial charge is 0.254 e. The Morgan fingerprint density at radius 2 is 1.88 bits per heavy atom. The number of amides is 3. The summed E-state index contributed by atoms with van der Waals surface area (Å²) in [7, 11) is 0. The first kappa shape index (κ1) is 13.4. The van der Waals surface area contributed by atoms with E-state index in [4.69, 9.17) is 0 Å². The molecule has 1 rings (SSSR count). The third kappa shape index (κ3) is 3.15. The first-order valence-corrected chi connectivity index (χ1v) is 5.94. The number of nitrogens with zero attached hydrogens (tertiary/aromatic N) is 1. The molecule has 1 N–H and O–H groups in total. The van der Waals surface area contributed by atoms with Crippen molar-refractivity contribution >= 4 is 17.7 Å². The highest BCUT2D eigenvalue weighted by molar-refractivity contribution is 6.15. The summed E-state index contributed by atoms with van der Waals surface area (Å²) in [6, 6.07) is -0.676. The van der Waals surface area contributed by atoms with Gasteiger partial charge in [0.05, 0.1) is 0 Å². The number of likely N-dealkylation sites (N-methyl/N-ethyl adjacent to an activating group) is 1. The Labute approximate surface area is 101 Å². The Bertz CT molecular complexity index is 332. The summed E-state index contributed by atoms with van der Waals surface area (Å²) < 4.78 is 0. The molecule has 3 amide bonds. The molecule has 0 aromatic carbocycles. The lowest BCUT2D eigenvalue weighted by Gasteiger charge is -2.24. The van der Waals surface area contributed by atoms with Crippen LogP contribution in [-0.4, -0.2) is 35.2 Å². The predicted octanol–water partition coefficient (Wildman–Crippen LogP) is 0.606. The van der Waals surface area contributed by atoms with Crippen molar-refractivity contribution in [1.29, 1.82) is 0 Å². The van der Waals surface area contributed by atoms with E-state index in [1.807, 2.05) is 6.92 Å². The Morgan fingerprint density at radius 3 is 2.35 bits per heavy atom. The number of rotatable bonds is 6. The van der Waals surface area contributed by atoms with Gasteiger partial charge in [-0.25, -0.2) is 0 Å². The molecule has 1 atom stereocenters. The molecule has 0 aliphatic carbocycles. The largest absolute Gasteiger partial charge is 0.355 e. The second-order valence-electron chi connectivity index (χ2n) is 3.93. The van der Waals surface area contributed by atoms with E-state index >= 15 is 0 Å². The van der Waals surface area contributed by atoms with Crippen molar-refractivity contribution in [3.05, 3.63) is 12.2 Å².